The van der Waals surface area contributed by atoms with Gasteiger partial charge in [-0.3, -0.25) is 4.79 Å². The number of carbonyl (C=O) groups excluding carboxylic acids is 1. The third kappa shape index (κ3) is 3.48. The predicted octanol–water partition coefficient (Wildman–Crippen LogP) is 3.91. The van der Waals surface area contributed by atoms with Crippen molar-refractivity contribution in [2.75, 3.05) is 5.32 Å². The second kappa shape index (κ2) is 6.97. The molecule has 6 heteroatoms. The van der Waals surface area contributed by atoms with Crippen molar-refractivity contribution in [3.05, 3.63) is 35.2 Å². The van der Waals surface area contributed by atoms with Crippen molar-refractivity contribution < 1.29 is 4.79 Å². The van der Waals surface area contributed by atoms with Crippen molar-refractivity contribution in [2.45, 2.75) is 63.4 Å². The van der Waals surface area contributed by atoms with E-state index in [0.29, 0.717) is 5.92 Å². The summed E-state index contributed by atoms with van der Waals surface area (Å²) in [6.45, 7) is 8.87. The van der Waals surface area contributed by atoms with Gasteiger partial charge in [0.2, 0.25) is 5.91 Å². The zero-order chi connectivity index (χ0) is 17.3. The lowest BCUT2D eigenvalue weighted by atomic mass is 10.1. The van der Waals surface area contributed by atoms with Gasteiger partial charge in [-0.25, -0.2) is 0 Å². The van der Waals surface area contributed by atoms with Gasteiger partial charge in [-0.15, -0.1) is 10.2 Å². The van der Waals surface area contributed by atoms with Gasteiger partial charge in [0.25, 0.3) is 0 Å². The molecule has 1 aromatic carbocycles. The summed E-state index contributed by atoms with van der Waals surface area (Å²) in [6.07, 6.45) is 2.40. The first kappa shape index (κ1) is 17.0. The fourth-order valence-electron chi connectivity index (χ4n) is 2.78. The van der Waals surface area contributed by atoms with Gasteiger partial charge in [0.1, 0.15) is 5.82 Å². The molecule has 1 amide bonds. The monoisotopic (exact) mass is 344 g/mol. The zero-order valence-corrected chi connectivity index (χ0v) is 15.5. The SMILES string of the molecule is CCn1c(S[C@H](C)C(=O)Nc2c(C)cccc2C)nnc1C1CC1. The summed E-state index contributed by atoms with van der Waals surface area (Å²) in [7, 11) is 0. The largest absolute Gasteiger partial charge is 0.325 e. The molecule has 0 spiro atoms. The number of aryl methyl sites for hydroxylation is 2. The first-order valence-corrected chi connectivity index (χ1v) is 9.36. The molecule has 0 radical (unpaired) electrons. The van der Waals surface area contributed by atoms with Crippen LogP contribution in [0.3, 0.4) is 0 Å². The van der Waals surface area contributed by atoms with Crippen LogP contribution in [0.2, 0.25) is 0 Å². The van der Waals surface area contributed by atoms with Gasteiger partial charge in [0, 0.05) is 18.2 Å². The smallest absolute Gasteiger partial charge is 0.237 e. The summed E-state index contributed by atoms with van der Waals surface area (Å²) in [4.78, 5) is 12.6. The quantitative estimate of drug-likeness (QED) is 0.807. The van der Waals surface area contributed by atoms with Crippen LogP contribution in [0.5, 0.6) is 0 Å². The molecule has 1 aliphatic carbocycles. The van der Waals surface area contributed by atoms with E-state index in [2.05, 4.69) is 27.0 Å². The molecule has 0 saturated heterocycles. The van der Waals surface area contributed by atoms with E-state index in [0.717, 1.165) is 34.3 Å². The average molecular weight is 344 g/mol. The molecule has 1 N–H and O–H groups in total. The van der Waals surface area contributed by atoms with Gasteiger partial charge in [-0.05, 0) is 51.7 Å². The van der Waals surface area contributed by atoms with E-state index in [-0.39, 0.29) is 11.2 Å². The Bertz CT molecular complexity index is 731. The van der Waals surface area contributed by atoms with Crippen LogP contribution in [0.25, 0.3) is 0 Å². The summed E-state index contributed by atoms with van der Waals surface area (Å²) >= 11 is 1.48. The van der Waals surface area contributed by atoms with E-state index < -0.39 is 0 Å². The van der Waals surface area contributed by atoms with E-state index in [9.17, 15) is 4.79 Å². The van der Waals surface area contributed by atoms with Crippen molar-refractivity contribution in [3.8, 4) is 0 Å². The Hall–Kier alpha value is -1.82. The van der Waals surface area contributed by atoms with Gasteiger partial charge >= 0.3 is 0 Å². The molecule has 0 bridgehead atoms. The number of hydrogen-bond acceptors (Lipinski definition) is 4. The lowest BCUT2D eigenvalue weighted by Crippen LogP contribution is -2.24. The highest BCUT2D eigenvalue weighted by Gasteiger charge is 2.30. The number of hydrogen-bond donors (Lipinski definition) is 1. The Morgan fingerprint density at radius 2 is 2.00 bits per heavy atom. The van der Waals surface area contributed by atoms with Crippen LogP contribution >= 0.6 is 11.8 Å². The number of para-hydroxylation sites is 1. The molecule has 1 aromatic heterocycles. The maximum Gasteiger partial charge on any atom is 0.237 e. The van der Waals surface area contributed by atoms with Gasteiger partial charge in [-0.2, -0.15) is 0 Å². The molecular formula is C18H24N4OS. The molecule has 2 aromatic rings. The summed E-state index contributed by atoms with van der Waals surface area (Å²) in [5.41, 5.74) is 3.06. The summed E-state index contributed by atoms with van der Waals surface area (Å²) in [5.74, 6) is 1.63. The van der Waals surface area contributed by atoms with Crippen LogP contribution < -0.4 is 5.32 Å². The van der Waals surface area contributed by atoms with E-state index in [4.69, 9.17) is 0 Å². The van der Waals surface area contributed by atoms with E-state index in [1.807, 2.05) is 39.0 Å². The summed E-state index contributed by atoms with van der Waals surface area (Å²) < 4.78 is 2.14. The molecule has 1 fully saturated rings. The molecule has 5 nitrogen and oxygen atoms in total. The molecule has 24 heavy (non-hydrogen) atoms. The van der Waals surface area contributed by atoms with Crippen LogP contribution in [0.4, 0.5) is 5.69 Å². The highest BCUT2D eigenvalue weighted by molar-refractivity contribution is 8.00. The van der Waals surface area contributed by atoms with Crippen molar-refractivity contribution in [1.29, 1.82) is 0 Å². The van der Waals surface area contributed by atoms with Gasteiger partial charge < -0.3 is 9.88 Å². The van der Waals surface area contributed by atoms with Crippen LogP contribution in [0, 0.1) is 13.8 Å². The average Bonchev–Trinajstić information content (AvgIpc) is 3.32. The van der Waals surface area contributed by atoms with Crippen LogP contribution in [-0.4, -0.2) is 25.9 Å². The van der Waals surface area contributed by atoms with Crippen LogP contribution in [0.1, 0.15) is 49.6 Å². The third-order valence-corrected chi connectivity index (χ3v) is 5.47. The normalized spacial score (nSPS) is 15.3. The minimum Gasteiger partial charge on any atom is -0.325 e. The second-order valence-electron chi connectivity index (χ2n) is 6.38. The number of nitrogens with one attached hydrogen (secondary N) is 1. The summed E-state index contributed by atoms with van der Waals surface area (Å²) in [5, 5.41) is 12.3. The number of aromatic nitrogens is 3. The maximum absolute atomic E-state index is 12.6. The van der Waals surface area contributed by atoms with E-state index >= 15 is 0 Å². The van der Waals surface area contributed by atoms with Gasteiger partial charge in [-0.1, -0.05) is 30.0 Å². The van der Waals surface area contributed by atoms with Crippen molar-refractivity contribution in [3.63, 3.8) is 0 Å². The fraction of sp³-hybridized carbons (Fsp3) is 0.500. The van der Waals surface area contributed by atoms with Gasteiger partial charge in [0.15, 0.2) is 5.16 Å². The lowest BCUT2D eigenvalue weighted by Gasteiger charge is -2.15. The Balaban J connectivity index is 1.70. The lowest BCUT2D eigenvalue weighted by molar-refractivity contribution is -0.115. The first-order chi connectivity index (χ1) is 11.5. The number of anilines is 1. The number of carbonyl (C=O) groups is 1. The highest BCUT2D eigenvalue weighted by Crippen LogP contribution is 2.40. The van der Waals surface area contributed by atoms with Crippen LogP contribution in [0.15, 0.2) is 23.4 Å². The molecular weight excluding hydrogens is 320 g/mol. The molecule has 1 saturated carbocycles. The molecule has 3 rings (SSSR count). The number of amides is 1. The molecule has 1 heterocycles. The number of thioether (sulfide) groups is 1. The standard InChI is InChI=1S/C18H24N4OS/c1-5-22-16(14-9-10-14)20-21-18(22)24-13(4)17(23)19-15-11(2)7-6-8-12(15)3/h6-8,13-14H,5,9-10H2,1-4H3,(H,19,23)/t13-/m1/s1. The molecule has 0 aliphatic heterocycles. The Morgan fingerprint density at radius 1 is 1.33 bits per heavy atom. The van der Waals surface area contributed by atoms with Gasteiger partial charge in [0.05, 0.1) is 5.25 Å². The third-order valence-electron chi connectivity index (χ3n) is 4.38. The van der Waals surface area contributed by atoms with E-state index in [1.165, 1.54) is 24.6 Å². The number of rotatable bonds is 6. The van der Waals surface area contributed by atoms with Crippen molar-refractivity contribution in [2.24, 2.45) is 0 Å². The second-order valence-corrected chi connectivity index (χ2v) is 7.68. The molecule has 1 aliphatic rings. The fourth-order valence-corrected chi connectivity index (χ4v) is 3.70. The minimum absolute atomic E-state index is 0.00368. The molecule has 1 atom stereocenters. The molecule has 128 valence electrons. The zero-order valence-electron chi connectivity index (χ0n) is 14.7. The van der Waals surface area contributed by atoms with Crippen molar-refractivity contribution in [1.82, 2.24) is 14.8 Å². The first-order valence-electron chi connectivity index (χ1n) is 8.48. The molecule has 0 unspecified atom stereocenters. The van der Waals surface area contributed by atoms with Crippen molar-refractivity contribution >= 4 is 23.4 Å². The Kier molecular flexibility index (Phi) is 4.94. The Morgan fingerprint density at radius 3 is 2.58 bits per heavy atom. The number of benzene rings is 1. The summed E-state index contributed by atoms with van der Waals surface area (Å²) in [6, 6.07) is 6.02. The predicted molar refractivity (Wildman–Crippen MR) is 97.5 cm³/mol. The highest BCUT2D eigenvalue weighted by atomic mass is 32.2. The maximum atomic E-state index is 12.6. The topological polar surface area (TPSA) is 59.8 Å². The Labute approximate surface area is 147 Å². The van der Waals surface area contributed by atoms with E-state index in [1.54, 1.807) is 0 Å². The number of nitrogens with zero attached hydrogens (tertiary/aromatic N) is 3. The minimum atomic E-state index is -0.231. The van der Waals surface area contributed by atoms with Crippen LogP contribution in [-0.2, 0) is 11.3 Å².